The van der Waals surface area contributed by atoms with Crippen LogP contribution in [0.2, 0.25) is 10.0 Å². The van der Waals surface area contributed by atoms with E-state index in [4.69, 9.17) is 23.2 Å². The summed E-state index contributed by atoms with van der Waals surface area (Å²) in [5, 5.41) is 3.59. The van der Waals surface area contributed by atoms with E-state index in [1.807, 2.05) is 56.3 Å². The van der Waals surface area contributed by atoms with Gasteiger partial charge in [0.1, 0.15) is 12.6 Å². The molecular weight excluding hydrogens is 569 g/mol. The number of nitrogens with one attached hydrogen (secondary N) is 1. The number of hydrogen-bond donors (Lipinski definition) is 1. The topological polar surface area (TPSA) is 86.8 Å². The lowest BCUT2D eigenvalue weighted by Crippen LogP contribution is -2.53. The fourth-order valence-electron chi connectivity index (χ4n) is 4.34. The Labute approximate surface area is 247 Å². The van der Waals surface area contributed by atoms with Crippen molar-refractivity contribution in [2.24, 2.45) is 0 Å². The van der Waals surface area contributed by atoms with E-state index >= 15 is 0 Å². The van der Waals surface area contributed by atoms with Gasteiger partial charge in [-0.25, -0.2) is 8.42 Å². The monoisotopic (exact) mass is 603 g/mol. The molecule has 0 aliphatic heterocycles. The number of anilines is 1. The molecule has 0 aliphatic carbocycles. The van der Waals surface area contributed by atoms with Crippen molar-refractivity contribution in [3.05, 3.63) is 99.0 Å². The smallest absolute Gasteiger partial charge is 0.244 e. The van der Waals surface area contributed by atoms with Crippen molar-refractivity contribution in [3.63, 3.8) is 0 Å². The number of hydrogen-bond acceptors (Lipinski definition) is 4. The molecule has 0 saturated heterocycles. The van der Waals surface area contributed by atoms with Crippen molar-refractivity contribution >= 4 is 50.7 Å². The molecule has 10 heteroatoms. The first-order chi connectivity index (χ1) is 18.9. The summed E-state index contributed by atoms with van der Waals surface area (Å²) in [5.41, 5.74) is 3.50. The summed E-state index contributed by atoms with van der Waals surface area (Å²) in [6.45, 7) is 5.58. The molecule has 214 valence electrons. The molecule has 3 aromatic rings. The third kappa shape index (κ3) is 8.46. The van der Waals surface area contributed by atoms with Crippen LogP contribution in [-0.4, -0.2) is 50.5 Å². The molecule has 0 bridgehead atoms. The minimum absolute atomic E-state index is 0.0250. The van der Waals surface area contributed by atoms with E-state index in [1.54, 1.807) is 31.2 Å². The van der Waals surface area contributed by atoms with Gasteiger partial charge in [-0.3, -0.25) is 13.9 Å². The number of benzene rings is 3. The lowest BCUT2D eigenvalue weighted by Gasteiger charge is -2.34. The predicted octanol–water partition coefficient (Wildman–Crippen LogP) is 5.54. The Morgan fingerprint density at radius 1 is 0.925 bits per heavy atom. The Hall–Kier alpha value is -3.07. The molecule has 0 aromatic heterocycles. The zero-order valence-electron chi connectivity index (χ0n) is 23.2. The first-order valence-electron chi connectivity index (χ1n) is 13.0. The van der Waals surface area contributed by atoms with Crippen LogP contribution in [-0.2, 0) is 32.6 Å². The molecular formula is C30H35Cl2N3O4S. The highest BCUT2D eigenvalue weighted by Crippen LogP contribution is 2.27. The lowest BCUT2D eigenvalue weighted by molar-refractivity contribution is -0.140. The SMILES string of the molecule is CCCNC(=O)C(Cc1ccccc1)N(Cc1ccc(Cl)c(Cl)c1)C(=O)CN(c1cc(C)ccc1C)S(C)(=O)=O. The third-order valence-electron chi connectivity index (χ3n) is 6.47. The van der Waals surface area contributed by atoms with Gasteiger partial charge >= 0.3 is 0 Å². The average Bonchev–Trinajstić information content (AvgIpc) is 2.91. The number of rotatable bonds is 12. The molecule has 0 radical (unpaired) electrons. The van der Waals surface area contributed by atoms with Crippen molar-refractivity contribution in [2.75, 3.05) is 23.7 Å². The number of amides is 2. The summed E-state index contributed by atoms with van der Waals surface area (Å²) >= 11 is 12.4. The van der Waals surface area contributed by atoms with Gasteiger partial charge in [-0.15, -0.1) is 0 Å². The molecule has 0 aliphatic rings. The maximum Gasteiger partial charge on any atom is 0.244 e. The molecule has 2 amide bonds. The molecule has 3 aromatic carbocycles. The summed E-state index contributed by atoms with van der Waals surface area (Å²) in [6.07, 6.45) is 2.03. The van der Waals surface area contributed by atoms with E-state index in [2.05, 4.69) is 5.32 Å². The van der Waals surface area contributed by atoms with Crippen LogP contribution in [0, 0.1) is 13.8 Å². The van der Waals surface area contributed by atoms with E-state index in [0.29, 0.717) is 33.4 Å². The fourth-order valence-corrected chi connectivity index (χ4v) is 5.56. The molecule has 0 heterocycles. The summed E-state index contributed by atoms with van der Waals surface area (Å²) in [4.78, 5) is 29.1. The minimum atomic E-state index is -3.84. The predicted molar refractivity (Wildman–Crippen MR) is 162 cm³/mol. The largest absolute Gasteiger partial charge is 0.354 e. The first kappa shape index (κ1) is 31.5. The Balaban J connectivity index is 2.09. The highest BCUT2D eigenvalue weighted by Gasteiger charge is 2.33. The summed E-state index contributed by atoms with van der Waals surface area (Å²) < 4.78 is 27.0. The zero-order chi connectivity index (χ0) is 29.4. The number of sulfonamides is 1. The molecule has 1 unspecified atom stereocenters. The van der Waals surface area contributed by atoms with Gasteiger partial charge in [0.05, 0.1) is 22.0 Å². The molecule has 0 fully saturated rings. The van der Waals surface area contributed by atoms with Crippen molar-refractivity contribution in [1.82, 2.24) is 10.2 Å². The Morgan fingerprint density at radius 2 is 1.62 bits per heavy atom. The fraction of sp³-hybridized carbons (Fsp3) is 0.333. The van der Waals surface area contributed by atoms with Gasteiger partial charge in [0.15, 0.2) is 0 Å². The maximum absolute atomic E-state index is 14.1. The summed E-state index contributed by atoms with van der Waals surface area (Å²) in [6, 6.07) is 18.9. The van der Waals surface area contributed by atoms with Gasteiger partial charge in [0, 0.05) is 19.5 Å². The number of nitrogens with zero attached hydrogens (tertiary/aromatic N) is 2. The summed E-state index contributed by atoms with van der Waals surface area (Å²) in [5.74, 6) is -0.846. The van der Waals surface area contributed by atoms with Crippen LogP contribution in [0.25, 0.3) is 0 Å². The molecule has 40 heavy (non-hydrogen) atoms. The lowest BCUT2D eigenvalue weighted by atomic mass is 10.0. The zero-order valence-corrected chi connectivity index (χ0v) is 25.5. The highest BCUT2D eigenvalue weighted by atomic mass is 35.5. The van der Waals surface area contributed by atoms with Crippen LogP contribution in [0.5, 0.6) is 0 Å². The van der Waals surface area contributed by atoms with E-state index < -0.39 is 28.5 Å². The Bertz CT molecular complexity index is 1450. The molecule has 0 saturated carbocycles. The van der Waals surface area contributed by atoms with E-state index in [-0.39, 0.29) is 18.9 Å². The Kier molecular flexibility index (Phi) is 11.0. The second-order valence-corrected chi connectivity index (χ2v) is 12.5. The van der Waals surface area contributed by atoms with Crippen molar-refractivity contribution in [1.29, 1.82) is 0 Å². The number of carbonyl (C=O) groups excluding carboxylic acids is 2. The number of carbonyl (C=O) groups is 2. The Morgan fingerprint density at radius 3 is 2.25 bits per heavy atom. The molecule has 1 N–H and O–H groups in total. The van der Waals surface area contributed by atoms with Crippen LogP contribution in [0.4, 0.5) is 5.69 Å². The van der Waals surface area contributed by atoms with Crippen LogP contribution in [0.1, 0.15) is 35.6 Å². The normalized spacial score (nSPS) is 12.1. The van der Waals surface area contributed by atoms with Gasteiger partial charge in [-0.05, 0) is 60.7 Å². The van der Waals surface area contributed by atoms with Crippen molar-refractivity contribution < 1.29 is 18.0 Å². The van der Waals surface area contributed by atoms with Gasteiger partial charge in [-0.1, -0.05) is 78.7 Å². The molecule has 7 nitrogen and oxygen atoms in total. The standard InChI is InChI=1S/C30H35Cl2N3O4S/c1-5-15-33-30(37)28(18-23-9-7-6-8-10-23)34(19-24-13-14-25(31)26(32)17-24)29(36)20-35(40(4,38)39)27-16-21(2)11-12-22(27)3/h6-14,16-17,28H,5,15,18-20H2,1-4H3,(H,33,37). The molecule has 0 spiro atoms. The van der Waals surface area contributed by atoms with E-state index in [0.717, 1.165) is 28.1 Å². The average molecular weight is 605 g/mol. The maximum atomic E-state index is 14.1. The van der Waals surface area contributed by atoms with E-state index in [1.165, 1.54) is 4.90 Å². The van der Waals surface area contributed by atoms with Crippen LogP contribution < -0.4 is 9.62 Å². The quantitative estimate of drug-likeness (QED) is 0.294. The van der Waals surface area contributed by atoms with Crippen LogP contribution in [0.15, 0.2) is 66.7 Å². The third-order valence-corrected chi connectivity index (χ3v) is 8.34. The van der Waals surface area contributed by atoms with Crippen LogP contribution in [0.3, 0.4) is 0 Å². The van der Waals surface area contributed by atoms with Crippen molar-refractivity contribution in [2.45, 2.75) is 46.2 Å². The van der Waals surface area contributed by atoms with Gasteiger partial charge < -0.3 is 10.2 Å². The second-order valence-electron chi connectivity index (χ2n) is 9.83. The molecule has 3 rings (SSSR count). The molecule has 1 atom stereocenters. The number of aryl methyl sites for hydroxylation is 2. The second kappa shape index (κ2) is 14.0. The van der Waals surface area contributed by atoms with Gasteiger partial charge in [-0.2, -0.15) is 0 Å². The van der Waals surface area contributed by atoms with Gasteiger partial charge in [0.25, 0.3) is 0 Å². The highest BCUT2D eigenvalue weighted by molar-refractivity contribution is 7.92. The number of halogens is 2. The summed E-state index contributed by atoms with van der Waals surface area (Å²) in [7, 11) is -3.84. The van der Waals surface area contributed by atoms with Crippen LogP contribution >= 0.6 is 23.2 Å². The van der Waals surface area contributed by atoms with E-state index in [9.17, 15) is 18.0 Å². The van der Waals surface area contributed by atoms with Crippen molar-refractivity contribution in [3.8, 4) is 0 Å². The van der Waals surface area contributed by atoms with Gasteiger partial charge in [0.2, 0.25) is 21.8 Å². The minimum Gasteiger partial charge on any atom is -0.354 e. The first-order valence-corrected chi connectivity index (χ1v) is 15.6.